The van der Waals surface area contributed by atoms with Gasteiger partial charge in [-0.25, -0.2) is 4.98 Å². The number of hydrogen-bond acceptors (Lipinski definition) is 4. The zero-order valence-electron chi connectivity index (χ0n) is 14.2. The molecular formula is C18H24N4O. The van der Waals surface area contributed by atoms with E-state index in [-0.39, 0.29) is 17.4 Å². The second-order valence-electron chi connectivity index (χ2n) is 7.07. The molecule has 1 fully saturated rings. The Hall–Kier alpha value is -2.14. The van der Waals surface area contributed by atoms with Crippen molar-refractivity contribution in [1.29, 1.82) is 0 Å². The van der Waals surface area contributed by atoms with E-state index in [4.69, 9.17) is 0 Å². The Bertz CT molecular complexity index is 739. The van der Waals surface area contributed by atoms with Crippen LogP contribution >= 0.6 is 0 Å². The molecule has 1 aromatic heterocycles. The first-order valence-electron chi connectivity index (χ1n) is 7.95. The molecule has 1 amide bonds. The van der Waals surface area contributed by atoms with Crippen LogP contribution in [0.2, 0.25) is 0 Å². The Morgan fingerprint density at radius 3 is 2.61 bits per heavy atom. The molecule has 2 N–H and O–H groups in total. The van der Waals surface area contributed by atoms with Crippen molar-refractivity contribution < 1.29 is 4.79 Å². The fourth-order valence-corrected chi connectivity index (χ4v) is 3.19. The van der Waals surface area contributed by atoms with Crippen molar-refractivity contribution >= 4 is 22.5 Å². The number of hydrogen-bond donors (Lipinski definition) is 2. The molecule has 1 aliphatic heterocycles. The molecule has 1 atom stereocenters. The maximum absolute atomic E-state index is 12.0. The van der Waals surface area contributed by atoms with Gasteiger partial charge in [0.25, 0.3) is 0 Å². The first kappa shape index (κ1) is 15.7. The van der Waals surface area contributed by atoms with Crippen molar-refractivity contribution in [3.05, 3.63) is 36.0 Å². The van der Waals surface area contributed by atoms with E-state index in [2.05, 4.69) is 41.6 Å². The monoisotopic (exact) mass is 312 g/mol. The lowest BCUT2D eigenvalue weighted by atomic mass is 9.87. The van der Waals surface area contributed by atoms with Crippen molar-refractivity contribution in [2.24, 2.45) is 5.41 Å². The zero-order chi connectivity index (χ0) is 16.6. The number of nitrogens with zero attached hydrogens (tertiary/aromatic N) is 2. The summed E-state index contributed by atoms with van der Waals surface area (Å²) in [5, 5.41) is 8.65. The first-order chi connectivity index (χ1) is 10.9. The largest absolute Gasteiger partial charge is 0.362 e. The number of rotatable bonds is 4. The van der Waals surface area contributed by atoms with Crippen LogP contribution in [0.1, 0.15) is 19.4 Å². The average Bonchev–Trinajstić information content (AvgIpc) is 2.78. The highest BCUT2D eigenvalue weighted by Gasteiger charge is 2.40. The topological polar surface area (TPSA) is 57.3 Å². The molecule has 2 heterocycles. The SMILES string of the molecule is CN(C)c1ncc(CNC2C(=O)NCC2(C)C)c2ccccc12. The predicted octanol–water partition coefficient (Wildman–Crippen LogP) is 1.91. The van der Waals surface area contributed by atoms with Gasteiger partial charge in [-0.1, -0.05) is 38.1 Å². The number of amides is 1. The summed E-state index contributed by atoms with van der Waals surface area (Å²) in [6.07, 6.45) is 1.91. The highest BCUT2D eigenvalue weighted by molar-refractivity contribution is 5.94. The predicted molar refractivity (Wildman–Crippen MR) is 93.5 cm³/mol. The molecular weight excluding hydrogens is 288 g/mol. The second kappa shape index (κ2) is 5.81. The summed E-state index contributed by atoms with van der Waals surface area (Å²) in [7, 11) is 4.00. The summed E-state index contributed by atoms with van der Waals surface area (Å²) < 4.78 is 0. The molecule has 23 heavy (non-hydrogen) atoms. The number of nitrogens with one attached hydrogen (secondary N) is 2. The highest BCUT2D eigenvalue weighted by Crippen LogP contribution is 2.28. The summed E-state index contributed by atoms with van der Waals surface area (Å²) in [5.41, 5.74) is 1.03. The van der Waals surface area contributed by atoms with Crippen LogP contribution in [0, 0.1) is 5.41 Å². The highest BCUT2D eigenvalue weighted by atomic mass is 16.2. The number of pyridine rings is 1. The minimum absolute atomic E-state index is 0.0795. The molecule has 5 heteroatoms. The lowest BCUT2D eigenvalue weighted by molar-refractivity contribution is -0.121. The maximum atomic E-state index is 12.0. The summed E-state index contributed by atoms with van der Waals surface area (Å²) in [6.45, 7) is 5.55. The van der Waals surface area contributed by atoms with E-state index in [9.17, 15) is 4.79 Å². The molecule has 2 aromatic rings. The van der Waals surface area contributed by atoms with Crippen molar-refractivity contribution in [1.82, 2.24) is 15.6 Å². The van der Waals surface area contributed by atoms with Gasteiger partial charge in [0.05, 0.1) is 6.04 Å². The van der Waals surface area contributed by atoms with Crippen LogP contribution in [-0.4, -0.2) is 37.6 Å². The Morgan fingerprint density at radius 1 is 1.30 bits per heavy atom. The number of carbonyl (C=O) groups is 1. The van der Waals surface area contributed by atoms with Crippen LogP contribution in [0.4, 0.5) is 5.82 Å². The summed E-state index contributed by atoms with van der Waals surface area (Å²) in [6, 6.07) is 8.10. The zero-order valence-corrected chi connectivity index (χ0v) is 14.2. The van der Waals surface area contributed by atoms with Crippen LogP contribution < -0.4 is 15.5 Å². The second-order valence-corrected chi connectivity index (χ2v) is 7.07. The number of carbonyl (C=O) groups excluding carboxylic acids is 1. The number of fused-ring (bicyclic) bond motifs is 1. The molecule has 1 aromatic carbocycles. The van der Waals surface area contributed by atoms with Crippen LogP contribution in [0.15, 0.2) is 30.5 Å². The van der Waals surface area contributed by atoms with Gasteiger partial charge in [-0.05, 0) is 10.9 Å². The lowest BCUT2D eigenvalue weighted by Crippen LogP contribution is -2.43. The molecule has 1 saturated heterocycles. The van der Waals surface area contributed by atoms with Gasteiger partial charge >= 0.3 is 0 Å². The number of benzene rings is 1. The smallest absolute Gasteiger partial charge is 0.237 e. The van der Waals surface area contributed by atoms with Crippen molar-refractivity contribution in [2.75, 3.05) is 25.5 Å². The maximum Gasteiger partial charge on any atom is 0.237 e. The van der Waals surface area contributed by atoms with Crippen LogP contribution in [0.3, 0.4) is 0 Å². The third kappa shape index (κ3) is 2.88. The fraction of sp³-hybridized carbons (Fsp3) is 0.444. The Labute approximate surface area is 137 Å². The number of aromatic nitrogens is 1. The summed E-state index contributed by atoms with van der Waals surface area (Å²) in [5.74, 6) is 1.04. The normalized spacial score (nSPS) is 19.8. The van der Waals surface area contributed by atoms with E-state index in [1.165, 1.54) is 5.39 Å². The molecule has 122 valence electrons. The molecule has 0 radical (unpaired) electrons. The van der Waals surface area contributed by atoms with E-state index in [0.717, 1.165) is 16.8 Å². The molecule has 1 aliphatic rings. The first-order valence-corrected chi connectivity index (χ1v) is 7.95. The molecule has 3 rings (SSSR count). The van der Waals surface area contributed by atoms with Gasteiger partial charge in [0.15, 0.2) is 0 Å². The lowest BCUT2D eigenvalue weighted by Gasteiger charge is -2.25. The van der Waals surface area contributed by atoms with Crippen molar-refractivity contribution in [3.8, 4) is 0 Å². The van der Waals surface area contributed by atoms with Crippen LogP contribution in [0.25, 0.3) is 10.8 Å². The van der Waals surface area contributed by atoms with Gasteiger partial charge in [-0.15, -0.1) is 0 Å². The van der Waals surface area contributed by atoms with E-state index in [1.54, 1.807) is 0 Å². The molecule has 5 nitrogen and oxygen atoms in total. The minimum atomic E-state index is -0.171. The Kier molecular flexibility index (Phi) is 3.98. The van der Waals surface area contributed by atoms with Crippen molar-refractivity contribution in [2.45, 2.75) is 26.4 Å². The fourth-order valence-electron chi connectivity index (χ4n) is 3.19. The third-order valence-corrected chi connectivity index (χ3v) is 4.54. The average molecular weight is 312 g/mol. The van der Waals surface area contributed by atoms with Crippen LogP contribution in [-0.2, 0) is 11.3 Å². The minimum Gasteiger partial charge on any atom is -0.362 e. The quantitative estimate of drug-likeness (QED) is 0.905. The summed E-state index contributed by atoms with van der Waals surface area (Å²) in [4.78, 5) is 18.6. The van der Waals surface area contributed by atoms with Crippen molar-refractivity contribution in [3.63, 3.8) is 0 Å². The standard InChI is InChI=1S/C18H24N4O/c1-18(2)11-21-17(23)15(18)19-9-12-10-20-16(22(3)4)14-8-6-5-7-13(12)14/h5-8,10,15,19H,9,11H2,1-4H3,(H,21,23). The molecule has 0 aliphatic carbocycles. The molecule has 0 spiro atoms. The van der Waals surface area contributed by atoms with E-state index in [0.29, 0.717) is 13.1 Å². The molecule has 0 saturated carbocycles. The molecule has 0 bridgehead atoms. The van der Waals surface area contributed by atoms with Gasteiger partial charge in [-0.2, -0.15) is 0 Å². The van der Waals surface area contributed by atoms with Gasteiger partial charge in [0.1, 0.15) is 5.82 Å². The Balaban J connectivity index is 1.90. The third-order valence-electron chi connectivity index (χ3n) is 4.54. The van der Waals surface area contributed by atoms with Gasteiger partial charge in [0, 0.05) is 44.2 Å². The van der Waals surface area contributed by atoms with Gasteiger partial charge in [0.2, 0.25) is 5.91 Å². The van der Waals surface area contributed by atoms with Crippen LogP contribution in [0.5, 0.6) is 0 Å². The Morgan fingerprint density at radius 2 is 2.00 bits per heavy atom. The van der Waals surface area contributed by atoms with Gasteiger partial charge < -0.3 is 15.5 Å². The molecule has 1 unspecified atom stereocenters. The number of anilines is 1. The van der Waals surface area contributed by atoms with E-state index in [1.807, 2.05) is 37.3 Å². The summed E-state index contributed by atoms with van der Waals surface area (Å²) >= 11 is 0. The van der Waals surface area contributed by atoms with E-state index >= 15 is 0 Å². The van der Waals surface area contributed by atoms with E-state index < -0.39 is 0 Å². The van der Waals surface area contributed by atoms with Gasteiger partial charge in [-0.3, -0.25) is 4.79 Å².